The molecule has 3 rings (SSSR count). The summed E-state index contributed by atoms with van der Waals surface area (Å²) >= 11 is 0. The first-order chi connectivity index (χ1) is 14.6. The molecule has 2 aliphatic rings. The van der Waals surface area contributed by atoms with Gasteiger partial charge in [-0.25, -0.2) is 0 Å². The van der Waals surface area contributed by atoms with Crippen molar-refractivity contribution < 1.29 is 32.3 Å². The molecule has 1 aliphatic heterocycles. The molecule has 3 amide bonds. The monoisotopic (exact) mass is 442 g/mol. The highest BCUT2D eigenvalue weighted by Gasteiger charge is 2.38. The average molecular weight is 442 g/mol. The van der Waals surface area contributed by atoms with Crippen LogP contribution in [-0.4, -0.2) is 62.0 Å². The van der Waals surface area contributed by atoms with E-state index in [1.54, 1.807) is 7.05 Å². The lowest BCUT2D eigenvalue weighted by molar-refractivity contribution is -0.138. The molecule has 31 heavy (non-hydrogen) atoms. The van der Waals surface area contributed by atoms with Gasteiger partial charge in [-0.3, -0.25) is 19.3 Å². The van der Waals surface area contributed by atoms with Gasteiger partial charge in [-0.1, -0.05) is 6.42 Å². The third kappa shape index (κ3) is 5.34. The van der Waals surface area contributed by atoms with Crippen LogP contribution in [-0.2, 0) is 25.3 Å². The molecular weight excluding hydrogens is 417 g/mol. The molecule has 1 aliphatic carbocycles. The SMILES string of the molecule is CN(CC1CCC1)[C@H](C(N)=O)C(=O)Nc1ccc(N2CCOCC2=O)c(C(F)(F)F)c1. The Hall–Kier alpha value is -2.66. The number of hydrogen-bond donors (Lipinski definition) is 2. The van der Waals surface area contributed by atoms with Crippen molar-refractivity contribution in [3.05, 3.63) is 23.8 Å². The fraction of sp³-hybridized carbons (Fsp3) is 0.550. The number of carbonyl (C=O) groups excluding carboxylic acids is 3. The summed E-state index contributed by atoms with van der Waals surface area (Å²) in [4.78, 5) is 39.1. The number of halogens is 3. The number of nitrogens with one attached hydrogen (secondary N) is 1. The van der Waals surface area contributed by atoms with E-state index < -0.39 is 35.5 Å². The topological polar surface area (TPSA) is 105 Å². The fourth-order valence-electron chi connectivity index (χ4n) is 3.79. The second-order valence-corrected chi connectivity index (χ2v) is 7.86. The van der Waals surface area contributed by atoms with Crippen LogP contribution in [0.25, 0.3) is 0 Å². The minimum Gasteiger partial charge on any atom is -0.370 e. The van der Waals surface area contributed by atoms with Crippen molar-refractivity contribution in [1.82, 2.24) is 4.90 Å². The first-order valence-electron chi connectivity index (χ1n) is 9.97. The number of benzene rings is 1. The molecule has 3 N–H and O–H groups in total. The number of alkyl halides is 3. The van der Waals surface area contributed by atoms with E-state index in [1.807, 2.05) is 0 Å². The lowest BCUT2D eigenvalue weighted by Crippen LogP contribution is -2.52. The zero-order valence-corrected chi connectivity index (χ0v) is 17.1. The van der Waals surface area contributed by atoms with Crippen molar-refractivity contribution in [2.75, 3.05) is 43.6 Å². The van der Waals surface area contributed by atoms with Gasteiger partial charge in [-0.15, -0.1) is 0 Å². The van der Waals surface area contributed by atoms with Crippen molar-refractivity contribution in [1.29, 1.82) is 0 Å². The molecule has 11 heteroatoms. The van der Waals surface area contributed by atoms with Crippen molar-refractivity contribution in [3.63, 3.8) is 0 Å². The van der Waals surface area contributed by atoms with E-state index in [0.717, 1.165) is 36.3 Å². The first-order valence-corrected chi connectivity index (χ1v) is 9.97. The summed E-state index contributed by atoms with van der Waals surface area (Å²) < 4.78 is 46.0. The van der Waals surface area contributed by atoms with E-state index in [-0.39, 0.29) is 31.1 Å². The van der Waals surface area contributed by atoms with Gasteiger partial charge in [0.1, 0.15) is 6.61 Å². The van der Waals surface area contributed by atoms with Gasteiger partial charge in [-0.05, 0) is 44.0 Å². The predicted molar refractivity (Wildman–Crippen MR) is 106 cm³/mol. The maximum Gasteiger partial charge on any atom is 0.418 e. The second kappa shape index (κ2) is 9.23. The van der Waals surface area contributed by atoms with Crippen molar-refractivity contribution in [2.45, 2.75) is 31.5 Å². The van der Waals surface area contributed by atoms with E-state index in [9.17, 15) is 27.6 Å². The normalized spacial score (nSPS) is 18.6. The Morgan fingerprint density at radius 2 is 2.06 bits per heavy atom. The molecule has 1 aromatic carbocycles. The number of amides is 3. The minimum absolute atomic E-state index is 0.0106. The molecule has 2 fully saturated rings. The predicted octanol–water partition coefficient (Wildman–Crippen LogP) is 1.59. The summed E-state index contributed by atoms with van der Waals surface area (Å²) in [6.45, 7) is 0.300. The summed E-state index contributed by atoms with van der Waals surface area (Å²) in [5.41, 5.74) is 3.85. The van der Waals surface area contributed by atoms with Gasteiger partial charge in [0.25, 0.3) is 11.8 Å². The van der Waals surface area contributed by atoms with Gasteiger partial charge < -0.3 is 20.7 Å². The molecular formula is C20H25F3N4O4. The number of nitrogens with two attached hydrogens (primary N) is 1. The molecule has 0 bridgehead atoms. The number of primary amides is 1. The molecule has 1 heterocycles. The number of anilines is 2. The van der Waals surface area contributed by atoms with E-state index in [0.29, 0.717) is 12.5 Å². The van der Waals surface area contributed by atoms with E-state index in [4.69, 9.17) is 10.5 Å². The largest absolute Gasteiger partial charge is 0.418 e. The lowest BCUT2D eigenvalue weighted by atomic mass is 9.85. The Morgan fingerprint density at radius 1 is 1.35 bits per heavy atom. The van der Waals surface area contributed by atoms with Crippen LogP contribution in [0.5, 0.6) is 0 Å². The maximum atomic E-state index is 13.7. The molecule has 0 aromatic heterocycles. The zero-order chi connectivity index (χ0) is 22.8. The molecule has 1 saturated heterocycles. The summed E-state index contributed by atoms with van der Waals surface area (Å²) in [6, 6.07) is 1.82. The number of rotatable bonds is 7. The summed E-state index contributed by atoms with van der Waals surface area (Å²) in [7, 11) is 1.58. The smallest absolute Gasteiger partial charge is 0.370 e. The van der Waals surface area contributed by atoms with Crippen LogP contribution in [0.4, 0.5) is 24.5 Å². The fourth-order valence-corrected chi connectivity index (χ4v) is 3.79. The van der Waals surface area contributed by atoms with Crippen LogP contribution < -0.4 is 16.0 Å². The first kappa shape index (κ1) is 23.0. The molecule has 0 radical (unpaired) electrons. The lowest BCUT2D eigenvalue weighted by Gasteiger charge is -2.33. The van der Waals surface area contributed by atoms with Gasteiger partial charge in [0, 0.05) is 18.8 Å². The van der Waals surface area contributed by atoms with Crippen LogP contribution in [0.1, 0.15) is 24.8 Å². The summed E-state index contributed by atoms with van der Waals surface area (Å²) in [5.74, 6) is -1.91. The van der Waals surface area contributed by atoms with Crippen LogP contribution in [0, 0.1) is 5.92 Å². The molecule has 8 nitrogen and oxygen atoms in total. The van der Waals surface area contributed by atoms with Crippen LogP contribution >= 0.6 is 0 Å². The van der Waals surface area contributed by atoms with Gasteiger partial charge >= 0.3 is 6.18 Å². The number of carbonyl (C=O) groups is 3. The van der Waals surface area contributed by atoms with E-state index >= 15 is 0 Å². The Morgan fingerprint density at radius 3 is 2.61 bits per heavy atom. The Balaban J connectivity index is 1.82. The van der Waals surface area contributed by atoms with Crippen LogP contribution in [0.15, 0.2) is 18.2 Å². The molecule has 0 spiro atoms. The Kier molecular flexibility index (Phi) is 6.85. The van der Waals surface area contributed by atoms with Gasteiger partial charge in [0.15, 0.2) is 6.04 Å². The second-order valence-electron chi connectivity index (χ2n) is 7.86. The molecule has 170 valence electrons. The van der Waals surface area contributed by atoms with Crippen LogP contribution in [0.3, 0.4) is 0 Å². The quantitative estimate of drug-likeness (QED) is 0.624. The highest BCUT2D eigenvalue weighted by atomic mass is 19.4. The van der Waals surface area contributed by atoms with E-state index in [1.165, 1.54) is 11.0 Å². The van der Waals surface area contributed by atoms with Crippen molar-refractivity contribution in [3.8, 4) is 0 Å². The van der Waals surface area contributed by atoms with Crippen molar-refractivity contribution >= 4 is 29.1 Å². The Bertz CT molecular complexity index is 857. The van der Waals surface area contributed by atoms with Gasteiger partial charge in [0.2, 0.25) is 5.91 Å². The third-order valence-electron chi connectivity index (χ3n) is 5.58. The molecule has 1 atom stereocenters. The molecule has 1 saturated carbocycles. The average Bonchev–Trinajstić information content (AvgIpc) is 2.64. The zero-order valence-electron chi connectivity index (χ0n) is 17.1. The number of hydrogen-bond acceptors (Lipinski definition) is 5. The summed E-state index contributed by atoms with van der Waals surface area (Å²) in [6.07, 6.45) is -1.69. The number of ether oxygens (including phenoxy) is 1. The number of nitrogens with zero attached hydrogens (tertiary/aromatic N) is 2. The number of morpholine rings is 1. The van der Waals surface area contributed by atoms with E-state index in [2.05, 4.69) is 5.32 Å². The minimum atomic E-state index is -4.77. The highest BCUT2D eigenvalue weighted by molar-refractivity contribution is 6.09. The standard InChI is InChI=1S/C20H25F3N4O4/c1-26(10-12-3-2-4-12)17(18(24)29)19(30)25-13-5-6-15(14(9-13)20(21,22)23)27-7-8-31-11-16(27)28/h5-6,9,12,17H,2-4,7-8,10-11H2,1H3,(H2,24,29)(H,25,30)/t17-/m1/s1. The van der Waals surface area contributed by atoms with Crippen molar-refractivity contribution in [2.24, 2.45) is 11.7 Å². The molecule has 0 unspecified atom stereocenters. The number of likely N-dealkylation sites (N-methyl/N-ethyl adjacent to an activating group) is 1. The summed E-state index contributed by atoms with van der Waals surface area (Å²) in [5, 5.41) is 2.36. The maximum absolute atomic E-state index is 13.7. The highest BCUT2D eigenvalue weighted by Crippen LogP contribution is 2.39. The Labute approximate surface area is 177 Å². The molecule has 1 aromatic rings. The van der Waals surface area contributed by atoms with Gasteiger partial charge in [-0.2, -0.15) is 13.2 Å². The third-order valence-corrected chi connectivity index (χ3v) is 5.58. The van der Waals surface area contributed by atoms with Crippen LogP contribution in [0.2, 0.25) is 0 Å². The van der Waals surface area contributed by atoms with Gasteiger partial charge in [0.05, 0.1) is 17.9 Å².